The van der Waals surface area contributed by atoms with Crippen molar-refractivity contribution in [3.05, 3.63) is 45.4 Å². The van der Waals surface area contributed by atoms with E-state index in [1.54, 1.807) is 11.3 Å². The van der Waals surface area contributed by atoms with E-state index in [4.69, 9.17) is 10.5 Å². The van der Waals surface area contributed by atoms with Gasteiger partial charge in [-0.1, -0.05) is 31.5 Å². The molecule has 0 aliphatic carbocycles. The molecule has 0 aliphatic rings. The summed E-state index contributed by atoms with van der Waals surface area (Å²) in [6, 6.07) is 8.08. The van der Waals surface area contributed by atoms with Crippen LogP contribution in [0, 0.1) is 6.92 Å². The predicted molar refractivity (Wildman–Crippen MR) is 84.2 cm³/mol. The van der Waals surface area contributed by atoms with Crippen molar-refractivity contribution in [2.24, 2.45) is 5.73 Å². The first-order chi connectivity index (χ1) is 9.61. The van der Waals surface area contributed by atoms with Gasteiger partial charge in [0.05, 0.1) is 5.69 Å². The standard InChI is InChI=1S/C16H22N2OS/c1-4-7-13-16(12(3)17)20-15(18-13)10-19-14-9-6-5-8-11(14)2/h5-6,8-9,12H,4,7,10,17H2,1-3H3. The molecular weight excluding hydrogens is 268 g/mol. The Kier molecular flexibility index (Phi) is 5.15. The van der Waals surface area contributed by atoms with Crippen LogP contribution in [0.3, 0.4) is 0 Å². The Morgan fingerprint density at radius 2 is 2.10 bits per heavy atom. The van der Waals surface area contributed by atoms with Crippen LogP contribution in [0.5, 0.6) is 5.75 Å². The van der Waals surface area contributed by atoms with Crippen molar-refractivity contribution >= 4 is 11.3 Å². The van der Waals surface area contributed by atoms with Gasteiger partial charge in [-0.25, -0.2) is 4.98 Å². The number of hydrogen-bond donors (Lipinski definition) is 1. The first-order valence-corrected chi connectivity index (χ1v) is 7.86. The minimum Gasteiger partial charge on any atom is -0.486 e. The SMILES string of the molecule is CCCc1nc(COc2ccccc2C)sc1C(C)N. The highest BCUT2D eigenvalue weighted by Crippen LogP contribution is 2.26. The molecule has 1 unspecified atom stereocenters. The fraction of sp³-hybridized carbons (Fsp3) is 0.438. The Balaban J connectivity index is 2.10. The van der Waals surface area contributed by atoms with E-state index in [9.17, 15) is 0 Å². The summed E-state index contributed by atoms with van der Waals surface area (Å²) in [5, 5.41) is 1.00. The minimum atomic E-state index is 0.0428. The Morgan fingerprint density at radius 1 is 1.35 bits per heavy atom. The van der Waals surface area contributed by atoms with Crippen LogP contribution in [0.25, 0.3) is 0 Å². The maximum absolute atomic E-state index is 6.02. The molecule has 0 aliphatic heterocycles. The first-order valence-electron chi connectivity index (χ1n) is 7.04. The molecule has 0 radical (unpaired) electrons. The summed E-state index contributed by atoms with van der Waals surface area (Å²) >= 11 is 1.67. The lowest BCUT2D eigenvalue weighted by Crippen LogP contribution is -2.05. The third-order valence-corrected chi connectivity index (χ3v) is 4.39. The van der Waals surface area contributed by atoms with Crippen LogP contribution in [0.4, 0.5) is 0 Å². The van der Waals surface area contributed by atoms with Crippen LogP contribution >= 0.6 is 11.3 Å². The van der Waals surface area contributed by atoms with Gasteiger partial charge in [-0.05, 0) is 31.9 Å². The average Bonchev–Trinajstić information content (AvgIpc) is 2.82. The van der Waals surface area contributed by atoms with Gasteiger partial charge in [-0.2, -0.15) is 0 Å². The molecule has 3 nitrogen and oxygen atoms in total. The van der Waals surface area contributed by atoms with Gasteiger partial charge in [0.25, 0.3) is 0 Å². The second-order valence-electron chi connectivity index (χ2n) is 5.01. The third-order valence-electron chi connectivity index (χ3n) is 3.12. The molecule has 108 valence electrons. The van der Waals surface area contributed by atoms with Gasteiger partial charge in [0, 0.05) is 10.9 Å². The maximum atomic E-state index is 6.02. The molecule has 1 atom stereocenters. The van der Waals surface area contributed by atoms with Crippen molar-refractivity contribution < 1.29 is 4.74 Å². The third kappa shape index (κ3) is 3.58. The number of thiazole rings is 1. The molecular formula is C16H22N2OS. The molecule has 0 fully saturated rings. The van der Waals surface area contributed by atoms with Crippen molar-refractivity contribution in [2.75, 3.05) is 0 Å². The number of para-hydroxylation sites is 1. The van der Waals surface area contributed by atoms with Crippen LogP contribution in [0.15, 0.2) is 24.3 Å². The molecule has 2 aromatic rings. The smallest absolute Gasteiger partial charge is 0.140 e. The Labute approximate surface area is 124 Å². The lowest BCUT2D eigenvalue weighted by molar-refractivity contribution is 0.303. The van der Waals surface area contributed by atoms with Crippen molar-refractivity contribution in [1.82, 2.24) is 4.98 Å². The van der Waals surface area contributed by atoms with Gasteiger partial charge in [-0.15, -0.1) is 11.3 Å². The number of rotatable bonds is 6. The van der Waals surface area contributed by atoms with E-state index in [1.807, 2.05) is 38.1 Å². The molecule has 2 rings (SSSR count). The second-order valence-corrected chi connectivity index (χ2v) is 6.13. The van der Waals surface area contributed by atoms with Crippen LogP contribution in [0.2, 0.25) is 0 Å². The number of ether oxygens (including phenoxy) is 1. The normalized spacial score (nSPS) is 12.4. The lowest BCUT2D eigenvalue weighted by atomic mass is 10.2. The monoisotopic (exact) mass is 290 g/mol. The van der Waals surface area contributed by atoms with Crippen LogP contribution in [-0.2, 0) is 13.0 Å². The molecule has 4 heteroatoms. The van der Waals surface area contributed by atoms with E-state index in [2.05, 4.69) is 11.9 Å². The Morgan fingerprint density at radius 3 is 2.75 bits per heavy atom. The fourth-order valence-corrected chi connectivity index (χ4v) is 3.08. The van der Waals surface area contributed by atoms with Gasteiger partial charge in [0.2, 0.25) is 0 Å². The minimum absolute atomic E-state index is 0.0428. The van der Waals surface area contributed by atoms with E-state index in [0.29, 0.717) is 6.61 Å². The zero-order chi connectivity index (χ0) is 14.5. The molecule has 0 bridgehead atoms. The molecule has 0 amide bonds. The second kappa shape index (κ2) is 6.86. The zero-order valence-electron chi connectivity index (χ0n) is 12.3. The number of nitrogens with two attached hydrogens (primary N) is 1. The summed E-state index contributed by atoms with van der Waals surface area (Å²) in [6.07, 6.45) is 2.07. The van der Waals surface area contributed by atoms with E-state index < -0.39 is 0 Å². The predicted octanol–water partition coefficient (Wildman–Crippen LogP) is 4.00. The van der Waals surface area contributed by atoms with E-state index >= 15 is 0 Å². The van der Waals surface area contributed by atoms with Crippen LogP contribution in [0.1, 0.15) is 47.5 Å². The fourth-order valence-electron chi connectivity index (χ4n) is 2.11. The quantitative estimate of drug-likeness (QED) is 0.874. The van der Waals surface area contributed by atoms with Gasteiger partial charge in [0.1, 0.15) is 17.4 Å². The highest BCUT2D eigenvalue weighted by atomic mass is 32.1. The number of nitrogens with zero attached hydrogens (tertiary/aromatic N) is 1. The molecule has 1 aromatic carbocycles. The largest absolute Gasteiger partial charge is 0.486 e. The van der Waals surface area contributed by atoms with E-state index in [-0.39, 0.29) is 6.04 Å². The molecule has 0 saturated carbocycles. The molecule has 1 heterocycles. The average molecular weight is 290 g/mol. The zero-order valence-corrected chi connectivity index (χ0v) is 13.2. The summed E-state index contributed by atoms with van der Waals surface area (Å²) in [4.78, 5) is 5.87. The highest BCUT2D eigenvalue weighted by Gasteiger charge is 2.14. The Bertz CT molecular complexity index is 563. The first kappa shape index (κ1) is 15.0. The summed E-state index contributed by atoms with van der Waals surface area (Å²) in [5.41, 5.74) is 8.30. The van der Waals surface area contributed by atoms with E-state index in [1.165, 1.54) is 4.88 Å². The van der Waals surface area contributed by atoms with Gasteiger partial charge >= 0.3 is 0 Å². The molecule has 0 spiro atoms. The van der Waals surface area contributed by atoms with Gasteiger partial charge in [0.15, 0.2) is 0 Å². The summed E-state index contributed by atoms with van der Waals surface area (Å²) in [6.45, 7) is 6.73. The van der Waals surface area contributed by atoms with Crippen molar-refractivity contribution in [3.8, 4) is 5.75 Å². The summed E-state index contributed by atoms with van der Waals surface area (Å²) < 4.78 is 5.86. The molecule has 1 aromatic heterocycles. The molecule has 2 N–H and O–H groups in total. The number of aryl methyl sites for hydroxylation is 2. The lowest BCUT2D eigenvalue weighted by Gasteiger charge is -2.06. The Hall–Kier alpha value is -1.39. The van der Waals surface area contributed by atoms with Gasteiger partial charge < -0.3 is 10.5 Å². The van der Waals surface area contributed by atoms with Crippen LogP contribution < -0.4 is 10.5 Å². The maximum Gasteiger partial charge on any atom is 0.140 e. The highest BCUT2D eigenvalue weighted by molar-refractivity contribution is 7.11. The van der Waals surface area contributed by atoms with Crippen molar-refractivity contribution in [2.45, 2.75) is 46.3 Å². The number of hydrogen-bond acceptors (Lipinski definition) is 4. The topological polar surface area (TPSA) is 48.1 Å². The van der Waals surface area contributed by atoms with Gasteiger partial charge in [-0.3, -0.25) is 0 Å². The molecule has 20 heavy (non-hydrogen) atoms. The van der Waals surface area contributed by atoms with Crippen LogP contribution in [-0.4, -0.2) is 4.98 Å². The summed E-state index contributed by atoms with van der Waals surface area (Å²) in [7, 11) is 0. The summed E-state index contributed by atoms with van der Waals surface area (Å²) in [5.74, 6) is 0.919. The molecule has 0 saturated heterocycles. The number of benzene rings is 1. The van der Waals surface area contributed by atoms with Crippen molar-refractivity contribution in [1.29, 1.82) is 0 Å². The van der Waals surface area contributed by atoms with E-state index in [0.717, 1.165) is 34.9 Å². The number of aromatic nitrogens is 1. The van der Waals surface area contributed by atoms with Crippen molar-refractivity contribution in [3.63, 3.8) is 0 Å².